The van der Waals surface area contributed by atoms with E-state index in [1.54, 1.807) is 31.3 Å². The van der Waals surface area contributed by atoms with Crippen molar-refractivity contribution in [1.29, 1.82) is 0 Å². The molecule has 0 heterocycles. The van der Waals surface area contributed by atoms with Crippen molar-refractivity contribution < 1.29 is 13.2 Å². The number of carbonyl (C=O) groups is 1. The molecule has 6 heteroatoms. The maximum atomic E-state index is 12.0. The van der Waals surface area contributed by atoms with Gasteiger partial charge in [0.15, 0.2) is 9.84 Å². The number of nitrogen functional groups attached to an aromatic ring is 1. The van der Waals surface area contributed by atoms with Gasteiger partial charge in [0.1, 0.15) is 5.75 Å². The van der Waals surface area contributed by atoms with Gasteiger partial charge in [-0.15, -0.1) is 0 Å². The van der Waals surface area contributed by atoms with Crippen molar-refractivity contribution in [2.75, 3.05) is 29.2 Å². The number of nitrogens with two attached hydrogens (primary N) is 1. The van der Waals surface area contributed by atoms with Crippen LogP contribution in [-0.4, -0.2) is 32.9 Å². The summed E-state index contributed by atoms with van der Waals surface area (Å²) in [4.78, 5) is 13.3. The zero-order valence-electron chi connectivity index (χ0n) is 12.0. The average Bonchev–Trinajstić information content (AvgIpc) is 2.38. The van der Waals surface area contributed by atoms with Crippen LogP contribution in [0.3, 0.4) is 0 Å². The third-order valence-electron chi connectivity index (χ3n) is 3.06. The van der Waals surface area contributed by atoms with E-state index in [9.17, 15) is 13.2 Å². The first-order valence-corrected chi connectivity index (χ1v) is 8.50. The average molecular weight is 298 g/mol. The summed E-state index contributed by atoms with van der Waals surface area (Å²) in [5, 5.41) is 0. The fourth-order valence-corrected chi connectivity index (χ4v) is 3.13. The Morgan fingerprint density at radius 2 is 1.80 bits per heavy atom. The number of amides is 1. The lowest BCUT2D eigenvalue weighted by Crippen LogP contribution is -2.33. The topological polar surface area (TPSA) is 80.5 Å². The van der Waals surface area contributed by atoms with Crippen molar-refractivity contribution in [3.05, 3.63) is 24.3 Å². The second-order valence-electron chi connectivity index (χ2n) is 4.84. The fourth-order valence-electron chi connectivity index (χ4n) is 1.77. The van der Waals surface area contributed by atoms with Crippen LogP contribution in [0.5, 0.6) is 0 Å². The summed E-state index contributed by atoms with van der Waals surface area (Å²) >= 11 is 0. The Balaban J connectivity index is 2.63. The van der Waals surface area contributed by atoms with E-state index in [2.05, 4.69) is 0 Å². The quantitative estimate of drug-likeness (QED) is 0.615. The van der Waals surface area contributed by atoms with Crippen molar-refractivity contribution in [1.82, 2.24) is 0 Å². The minimum atomic E-state index is -3.33. The molecule has 0 unspecified atom stereocenters. The normalized spacial score (nSPS) is 11.3. The highest BCUT2D eigenvalue weighted by Gasteiger charge is 2.20. The van der Waals surface area contributed by atoms with E-state index in [1.165, 1.54) is 4.90 Å². The largest absolute Gasteiger partial charge is 0.399 e. The van der Waals surface area contributed by atoms with Crippen molar-refractivity contribution in [3.8, 4) is 0 Å². The summed E-state index contributed by atoms with van der Waals surface area (Å²) in [5.74, 6) is -0.800. The van der Waals surface area contributed by atoms with E-state index >= 15 is 0 Å². The summed E-state index contributed by atoms with van der Waals surface area (Å²) in [6.45, 7) is 2.01. The van der Waals surface area contributed by atoms with Gasteiger partial charge in [-0.05, 0) is 30.7 Å². The Bertz CT molecular complexity index is 538. The number of benzene rings is 1. The first-order chi connectivity index (χ1) is 9.35. The van der Waals surface area contributed by atoms with Crippen LogP contribution in [0, 0.1) is 0 Å². The molecule has 0 bridgehead atoms. The van der Waals surface area contributed by atoms with Crippen molar-refractivity contribution >= 4 is 27.1 Å². The van der Waals surface area contributed by atoms with Crippen LogP contribution in [0.2, 0.25) is 0 Å². The second kappa shape index (κ2) is 7.28. The van der Waals surface area contributed by atoms with Crippen LogP contribution >= 0.6 is 0 Å². The molecule has 20 heavy (non-hydrogen) atoms. The predicted octanol–water partition coefficient (Wildman–Crippen LogP) is 1.84. The third kappa shape index (κ3) is 5.21. The zero-order valence-corrected chi connectivity index (χ0v) is 12.8. The second-order valence-corrected chi connectivity index (χ2v) is 7.03. The van der Waals surface area contributed by atoms with E-state index in [1.807, 2.05) is 6.92 Å². The molecule has 0 spiro atoms. The first kappa shape index (κ1) is 16.5. The molecule has 1 aromatic rings. The molecule has 0 radical (unpaired) electrons. The molecule has 0 aliphatic rings. The van der Waals surface area contributed by atoms with E-state index in [0.29, 0.717) is 17.8 Å². The van der Waals surface area contributed by atoms with E-state index < -0.39 is 21.5 Å². The van der Waals surface area contributed by atoms with Gasteiger partial charge in [0.05, 0.1) is 5.75 Å². The summed E-state index contributed by atoms with van der Waals surface area (Å²) < 4.78 is 23.7. The molecule has 0 fully saturated rings. The predicted molar refractivity (Wildman–Crippen MR) is 82.4 cm³/mol. The number of sulfone groups is 1. The molecule has 1 aromatic carbocycles. The van der Waals surface area contributed by atoms with E-state index in [-0.39, 0.29) is 5.75 Å². The van der Waals surface area contributed by atoms with Gasteiger partial charge in [0, 0.05) is 18.4 Å². The Morgan fingerprint density at radius 3 is 2.35 bits per heavy atom. The van der Waals surface area contributed by atoms with Gasteiger partial charge >= 0.3 is 0 Å². The van der Waals surface area contributed by atoms with Gasteiger partial charge in [-0.25, -0.2) is 8.42 Å². The minimum absolute atomic E-state index is 0.0716. The Labute approximate surface area is 120 Å². The molecule has 2 N–H and O–H groups in total. The van der Waals surface area contributed by atoms with Gasteiger partial charge in [-0.2, -0.15) is 0 Å². The van der Waals surface area contributed by atoms with Gasteiger partial charge in [0.25, 0.3) is 0 Å². The van der Waals surface area contributed by atoms with Crippen molar-refractivity contribution in [2.24, 2.45) is 0 Å². The van der Waals surface area contributed by atoms with E-state index in [0.717, 1.165) is 12.8 Å². The number of hydrogen-bond acceptors (Lipinski definition) is 4. The minimum Gasteiger partial charge on any atom is -0.399 e. The number of unbranched alkanes of at least 4 members (excludes halogenated alkanes) is 2. The Hall–Kier alpha value is -1.56. The van der Waals surface area contributed by atoms with Crippen LogP contribution in [0.15, 0.2) is 24.3 Å². The lowest BCUT2D eigenvalue weighted by Gasteiger charge is -2.17. The fraction of sp³-hybridized carbons (Fsp3) is 0.500. The highest BCUT2D eigenvalue weighted by molar-refractivity contribution is 7.92. The van der Waals surface area contributed by atoms with Crippen LogP contribution in [0.25, 0.3) is 0 Å². The number of rotatable bonds is 7. The number of carbonyl (C=O) groups excluding carboxylic acids is 1. The maximum Gasteiger partial charge on any atom is 0.241 e. The molecule has 0 aromatic heterocycles. The van der Waals surface area contributed by atoms with Crippen LogP contribution < -0.4 is 10.6 Å². The number of hydrogen-bond donors (Lipinski definition) is 1. The molecule has 0 saturated heterocycles. The Morgan fingerprint density at radius 1 is 1.20 bits per heavy atom. The van der Waals surface area contributed by atoms with E-state index in [4.69, 9.17) is 5.73 Å². The highest BCUT2D eigenvalue weighted by Crippen LogP contribution is 2.15. The third-order valence-corrected chi connectivity index (χ3v) is 4.65. The van der Waals surface area contributed by atoms with Gasteiger partial charge < -0.3 is 10.6 Å². The van der Waals surface area contributed by atoms with Crippen LogP contribution in [0.1, 0.15) is 26.2 Å². The lowest BCUT2D eigenvalue weighted by molar-refractivity contribution is -0.115. The molecule has 1 rings (SSSR count). The first-order valence-electron chi connectivity index (χ1n) is 6.68. The zero-order chi connectivity index (χ0) is 15.2. The lowest BCUT2D eigenvalue weighted by atomic mass is 10.2. The standard InChI is InChI=1S/C14H22N2O3S/c1-3-4-5-10-20(18,19)11-14(17)16(2)13-8-6-12(15)7-9-13/h6-9H,3-5,10-11,15H2,1-2H3. The molecule has 0 atom stereocenters. The molecule has 0 saturated carbocycles. The Kier molecular flexibility index (Phi) is 6.01. The summed E-state index contributed by atoms with van der Waals surface area (Å²) in [7, 11) is -1.77. The SMILES string of the molecule is CCCCCS(=O)(=O)CC(=O)N(C)c1ccc(N)cc1. The highest BCUT2D eigenvalue weighted by atomic mass is 32.2. The van der Waals surface area contributed by atoms with Crippen molar-refractivity contribution in [3.63, 3.8) is 0 Å². The molecular formula is C14H22N2O3S. The summed E-state index contributed by atoms with van der Waals surface area (Å²) in [6, 6.07) is 6.73. The smallest absolute Gasteiger partial charge is 0.241 e. The maximum absolute atomic E-state index is 12.0. The molecule has 0 aliphatic carbocycles. The summed E-state index contributed by atoms with van der Waals surface area (Å²) in [6.07, 6.45) is 2.42. The monoisotopic (exact) mass is 298 g/mol. The number of nitrogens with zero attached hydrogens (tertiary/aromatic N) is 1. The number of anilines is 2. The molecular weight excluding hydrogens is 276 g/mol. The van der Waals surface area contributed by atoms with Crippen LogP contribution in [0.4, 0.5) is 11.4 Å². The van der Waals surface area contributed by atoms with Gasteiger partial charge in [-0.3, -0.25) is 4.79 Å². The van der Waals surface area contributed by atoms with Crippen LogP contribution in [-0.2, 0) is 14.6 Å². The summed E-state index contributed by atoms with van der Waals surface area (Å²) in [5.41, 5.74) is 6.80. The molecule has 1 amide bonds. The molecule has 0 aliphatic heterocycles. The van der Waals surface area contributed by atoms with Gasteiger partial charge in [0.2, 0.25) is 5.91 Å². The molecule has 5 nitrogen and oxygen atoms in total. The molecule has 112 valence electrons. The van der Waals surface area contributed by atoms with Crippen molar-refractivity contribution in [2.45, 2.75) is 26.2 Å². The van der Waals surface area contributed by atoms with Gasteiger partial charge in [-0.1, -0.05) is 19.8 Å².